The quantitative estimate of drug-likeness (QED) is 0.903. The smallest absolute Gasteiger partial charge is 0.131 e. The van der Waals surface area contributed by atoms with Gasteiger partial charge in [-0.05, 0) is 44.5 Å². The molecule has 0 aliphatic rings. The molecule has 2 nitrogen and oxygen atoms in total. The molecule has 2 aromatic carbocycles. The SMILES string of the molecule is Cc1ccc(N(C)c2cccc(F)c2C(C)O)c(C)c1. The highest BCUT2D eigenvalue weighted by Crippen LogP contribution is 2.34. The summed E-state index contributed by atoms with van der Waals surface area (Å²) in [5.74, 6) is -0.380. The molecule has 0 saturated heterocycles. The third-order valence-electron chi connectivity index (χ3n) is 3.52. The van der Waals surface area contributed by atoms with E-state index < -0.39 is 6.10 Å². The van der Waals surface area contributed by atoms with Crippen LogP contribution < -0.4 is 4.90 Å². The fourth-order valence-electron chi connectivity index (χ4n) is 2.54. The highest BCUT2D eigenvalue weighted by molar-refractivity contribution is 5.69. The Morgan fingerprint density at radius 3 is 2.40 bits per heavy atom. The van der Waals surface area contributed by atoms with Crippen LogP contribution in [0.15, 0.2) is 36.4 Å². The molecule has 0 heterocycles. The summed E-state index contributed by atoms with van der Waals surface area (Å²) in [4.78, 5) is 1.92. The van der Waals surface area contributed by atoms with Crippen molar-refractivity contribution in [3.8, 4) is 0 Å². The summed E-state index contributed by atoms with van der Waals surface area (Å²) in [6, 6.07) is 11.0. The number of aliphatic hydroxyl groups is 1. The summed E-state index contributed by atoms with van der Waals surface area (Å²) in [5, 5.41) is 9.83. The Bertz CT molecular complexity index is 622. The highest BCUT2D eigenvalue weighted by atomic mass is 19.1. The number of aliphatic hydroxyl groups excluding tert-OH is 1. The Balaban J connectivity index is 2.53. The van der Waals surface area contributed by atoms with Gasteiger partial charge < -0.3 is 10.0 Å². The van der Waals surface area contributed by atoms with Gasteiger partial charge in [0.15, 0.2) is 0 Å². The summed E-state index contributed by atoms with van der Waals surface area (Å²) in [6.07, 6.45) is -0.848. The summed E-state index contributed by atoms with van der Waals surface area (Å²) in [7, 11) is 1.89. The van der Waals surface area contributed by atoms with Crippen LogP contribution in [0.2, 0.25) is 0 Å². The normalized spacial score (nSPS) is 12.3. The molecular weight excluding hydrogens is 253 g/mol. The second-order valence-corrected chi connectivity index (χ2v) is 5.20. The van der Waals surface area contributed by atoms with E-state index in [-0.39, 0.29) is 5.82 Å². The molecule has 3 heteroatoms. The first-order chi connectivity index (χ1) is 9.41. The van der Waals surface area contributed by atoms with Crippen LogP contribution >= 0.6 is 0 Å². The van der Waals surface area contributed by atoms with Crippen LogP contribution in [0.1, 0.15) is 29.7 Å². The van der Waals surface area contributed by atoms with Crippen molar-refractivity contribution in [3.05, 3.63) is 58.9 Å². The predicted molar refractivity (Wildman–Crippen MR) is 81.0 cm³/mol. The van der Waals surface area contributed by atoms with E-state index in [1.807, 2.05) is 44.0 Å². The van der Waals surface area contributed by atoms with Crippen LogP contribution in [0.4, 0.5) is 15.8 Å². The Hall–Kier alpha value is -1.87. The van der Waals surface area contributed by atoms with E-state index in [0.29, 0.717) is 11.3 Å². The highest BCUT2D eigenvalue weighted by Gasteiger charge is 2.17. The van der Waals surface area contributed by atoms with Gasteiger partial charge in [0.25, 0.3) is 0 Å². The molecule has 0 saturated carbocycles. The van der Waals surface area contributed by atoms with Gasteiger partial charge >= 0.3 is 0 Å². The van der Waals surface area contributed by atoms with Crippen LogP contribution in [0.25, 0.3) is 0 Å². The molecule has 0 radical (unpaired) electrons. The van der Waals surface area contributed by atoms with Crippen molar-refractivity contribution in [1.29, 1.82) is 0 Å². The van der Waals surface area contributed by atoms with Gasteiger partial charge in [-0.15, -0.1) is 0 Å². The topological polar surface area (TPSA) is 23.5 Å². The monoisotopic (exact) mass is 273 g/mol. The molecule has 0 spiro atoms. The van der Waals surface area contributed by atoms with Crippen molar-refractivity contribution in [3.63, 3.8) is 0 Å². The minimum Gasteiger partial charge on any atom is -0.389 e. The lowest BCUT2D eigenvalue weighted by Gasteiger charge is -2.25. The van der Waals surface area contributed by atoms with Gasteiger partial charge in [-0.2, -0.15) is 0 Å². The molecule has 2 aromatic rings. The van der Waals surface area contributed by atoms with Crippen molar-refractivity contribution in [2.45, 2.75) is 26.9 Å². The van der Waals surface area contributed by atoms with E-state index in [2.05, 4.69) is 6.07 Å². The third kappa shape index (κ3) is 2.68. The molecular formula is C17H20FNO. The maximum atomic E-state index is 14.0. The summed E-state index contributed by atoms with van der Waals surface area (Å²) < 4.78 is 14.0. The largest absolute Gasteiger partial charge is 0.389 e. The molecule has 1 atom stereocenters. The number of aryl methyl sites for hydroxylation is 2. The number of hydrogen-bond donors (Lipinski definition) is 1. The molecule has 0 aliphatic heterocycles. The molecule has 2 rings (SSSR count). The van der Waals surface area contributed by atoms with Crippen molar-refractivity contribution < 1.29 is 9.50 Å². The first-order valence-corrected chi connectivity index (χ1v) is 6.69. The lowest BCUT2D eigenvalue weighted by atomic mass is 10.0. The number of rotatable bonds is 3. The standard InChI is InChI=1S/C17H20FNO/c1-11-8-9-15(12(2)10-11)19(4)16-7-5-6-14(18)17(16)13(3)20/h5-10,13,20H,1-4H3. The zero-order chi connectivity index (χ0) is 14.9. The van der Waals surface area contributed by atoms with Gasteiger partial charge in [0.05, 0.1) is 6.10 Å². The molecule has 0 bridgehead atoms. The van der Waals surface area contributed by atoms with Gasteiger partial charge in [0.2, 0.25) is 0 Å². The summed E-state index contributed by atoms with van der Waals surface area (Å²) in [5.41, 5.74) is 4.33. The first-order valence-electron chi connectivity index (χ1n) is 6.69. The summed E-state index contributed by atoms with van der Waals surface area (Å²) >= 11 is 0. The number of halogens is 1. The molecule has 0 aromatic heterocycles. The lowest BCUT2D eigenvalue weighted by Crippen LogP contribution is -2.15. The summed E-state index contributed by atoms with van der Waals surface area (Å²) in [6.45, 7) is 5.65. The first kappa shape index (κ1) is 14.5. The Kier molecular flexibility index (Phi) is 4.09. The second-order valence-electron chi connectivity index (χ2n) is 5.20. The van der Waals surface area contributed by atoms with Gasteiger partial charge in [-0.1, -0.05) is 23.8 Å². The van der Waals surface area contributed by atoms with Crippen molar-refractivity contribution in [1.82, 2.24) is 0 Å². The number of benzene rings is 2. The zero-order valence-electron chi connectivity index (χ0n) is 12.3. The van der Waals surface area contributed by atoms with E-state index in [0.717, 1.165) is 11.3 Å². The molecule has 0 aliphatic carbocycles. The Labute approximate surface area is 119 Å². The minimum absolute atomic E-state index is 0.329. The molecule has 106 valence electrons. The molecule has 1 unspecified atom stereocenters. The lowest BCUT2D eigenvalue weighted by molar-refractivity contribution is 0.194. The maximum absolute atomic E-state index is 14.0. The fraction of sp³-hybridized carbons (Fsp3) is 0.294. The maximum Gasteiger partial charge on any atom is 0.131 e. The van der Waals surface area contributed by atoms with E-state index in [1.54, 1.807) is 13.0 Å². The molecule has 0 fully saturated rings. The van der Waals surface area contributed by atoms with E-state index in [9.17, 15) is 9.50 Å². The fourth-order valence-corrected chi connectivity index (χ4v) is 2.54. The molecule has 0 amide bonds. The number of hydrogen-bond acceptors (Lipinski definition) is 2. The van der Waals surface area contributed by atoms with Crippen LogP contribution in [-0.2, 0) is 0 Å². The van der Waals surface area contributed by atoms with E-state index in [1.165, 1.54) is 11.6 Å². The average molecular weight is 273 g/mol. The second kappa shape index (κ2) is 5.63. The van der Waals surface area contributed by atoms with Crippen LogP contribution in [-0.4, -0.2) is 12.2 Å². The Morgan fingerprint density at radius 1 is 1.10 bits per heavy atom. The zero-order valence-corrected chi connectivity index (χ0v) is 12.3. The van der Waals surface area contributed by atoms with Crippen LogP contribution in [0, 0.1) is 19.7 Å². The van der Waals surface area contributed by atoms with E-state index in [4.69, 9.17) is 0 Å². The van der Waals surface area contributed by atoms with Crippen LogP contribution in [0.3, 0.4) is 0 Å². The Morgan fingerprint density at radius 2 is 1.80 bits per heavy atom. The number of anilines is 2. The minimum atomic E-state index is -0.848. The molecule has 20 heavy (non-hydrogen) atoms. The van der Waals surface area contributed by atoms with Gasteiger partial charge in [0.1, 0.15) is 5.82 Å². The van der Waals surface area contributed by atoms with Gasteiger partial charge in [0, 0.05) is 24.0 Å². The number of nitrogens with zero attached hydrogens (tertiary/aromatic N) is 1. The van der Waals surface area contributed by atoms with Crippen molar-refractivity contribution in [2.24, 2.45) is 0 Å². The van der Waals surface area contributed by atoms with Crippen LogP contribution in [0.5, 0.6) is 0 Å². The van der Waals surface area contributed by atoms with Crippen molar-refractivity contribution in [2.75, 3.05) is 11.9 Å². The van der Waals surface area contributed by atoms with Gasteiger partial charge in [-0.25, -0.2) is 4.39 Å². The van der Waals surface area contributed by atoms with Gasteiger partial charge in [-0.3, -0.25) is 0 Å². The predicted octanol–water partition coefficient (Wildman–Crippen LogP) is 4.26. The average Bonchev–Trinajstić information content (AvgIpc) is 2.37. The van der Waals surface area contributed by atoms with Crippen molar-refractivity contribution >= 4 is 11.4 Å². The molecule has 1 N–H and O–H groups in total. The third-order valence-corrected chi connectivity index (χ3v) is 3.52. The van der Waals surface area contributed by atoms with E-state index >= 15 is 0 Å².